The molecule has 1 heterocycles. The van der Waals surface area contributed by atoms with Gasteiger partial charge in [0, 0.05) is 12.6 Å². The fourth-order valence-corrected chi connectivity index (χ4v) is 2.34. The summed E-state index contributed by atoms with van der Waals surface area (Å²) in [5.41, 5.74) is -1.18. The number of carbonyl (C=O) groups excluding carboxylic acids is 1. The molecule has 1 aliphatic heterocycles. The summed E-state index contributed by atoms with van der Waals surface area (Å²) in [5.74, 6) is -1.45. The van der Waals surface area contributed by atoms with E-state index < -0.39 is 23.7 Å². The van der Waals surface area contributed by atoms with Crippen LogP contribution in [-0.2, 0) is 0 Å². The molecular formula is C11H19F3N2O. The molecular weight excluding hydrogens is 233 g/mol. The van der Waals surface area contributed by atoms with Crippen LogP contribution in [-0.4, -0.2) is 35.2 Å². The summed E-state index contributed by atoms with van der Waals surface area (Å²) in [4.78, 5) is 13.1. The van der Waals surface area contributed by atoms with Crippen molar-refractivity contribution in [2.24, 2.45) is 5.92 Å². The van der Waals surface area contributed by atoms with E-state index in [4.69, 9.17) is 0 Å². The van der Waals surface area contributed by atoms with Gasteiger partial charge in [-0.25, -0.2) is 4.79 Å². The molecule has 0 spiro atoms. The van der Waals surface area contributed by atoms with E-state index in [1.807, 2.05) is 0 Å². The SMILES string of the molecule is CC(C)NC(=O)N1CCC(C(F)(F)F)C1(C)C. The van der Waals surface area contributed by atoms with Crippen LogP contribution in [0, 0.1) is 5.92 Å². The Morgan fingerprint density at radius 3 is 2.29 bits per heavy atom. The lowest BCUT2D eigenvalue weighted by atomic mass is 9.88. The minimum atomic E-state index is -4.25. The van der Waals surface area contributed by atoms with Gasteiger partial charge in [0.2, 0.25) is 0 Å². The summed E-state index contributed by atoms with van der Waals surface area (Å²) in [6.45, 7) is 6.65. The van der Waals surface area contributed by atoms with Crippen molar-refractivity contribution >= 4 is 6.03 Å². The average Bonchev–Trinajstić information content (AvgIpc) is 2.37. The molecule has 1 fully saturated rings. The van der Waals surface area contributed by atoms with E-state index in [9.17, 15) is 18.0 Å². The summed E-state index contributed by atoms with van der Waals surface area (Å²) in [7, 11) is 0. The molecule has 1 saturated heterocycles. The minimum Gasteiger partial charge on any atom is -0.336 e. The van der Waals surface area contributed by atoms with Crippen molar-refractivity contribution in [1.29, 1.82) is 0 Å². The van der Waals surface area contributed by atoms with Gasteiger partial charge in [0.25, 0.3) is 0 Å². The van der Waals surface area contributed by atoms with Gasteiger partial charge in [-0.2, -0.15) is 13.2 Å². The van der Waals surface area contributed by atoms with Crippen molar-refractivity contribution in [2.45, 2.75) is 51.9 Å². The Kier molecular flexibility index (Phi) is 3.64. The molecule has 1 aliphatic rings. The molecule has 1 unspecified atom stereocenters. The topological polar surface area (TPSA) is 32.3 Å². The van der Waals surface area contributed by atoms with Crippen LogP contribution < -0.4 is 5.32 Å². The van der Waals surface area contributed by atoms with E-state index in [0.29, 0.717) is 0 Å². The number of hydrogen-bond donors (Lipinski definition) is 1. The summed E-state index contributed by atoms with van der Waals surface area (Å²) in [6.07, 6.45) is -4.28. The second-order valence-corrected chi connectivity index (χ2v) is 5.29. The fourth-order valence-electron chi connectivity index (χ4n) is 2.34. The van der Waals surface area contributed by atoms with Gasteiger partial charge in [-0.3, -0.25) is 0 Å². The first kappa shape index (κ1) is 14.1. The van der Waals surface area contributed by atoms with E-state index in [2.05, 4.69) is 5.32 Å². The summed E-state index contributed by atoms with van der Waals surface area (Å²) < 4.78 is 38.4. The quantitative estimate of drug-likeness (QED) is 0.764. The summed E-state index contributed by atoms with van der Waals surface area (Å²) in [5, 5.41) is 2.63. The zero-order valence-electron chi connectivity index (χ0n) is 10.6. The van der Waals surface area contributed by atoms with Crippen LogP contribution in [0.15, 0.2) is 0 Å². The predicted molar refractivity (Wildman–Crippen MR) is 58.6 cm³/mol. The Balaban J connectivity index is 2.83. The minimum absolute atomic E-state index is 0.0258. The van der Waals surface area contributed by atoms with Crippen LogP contribution in [0.25, 0.3) is 0 Å². The Bertz CT molecular complexity index is 300. The molecule has 1 rings (SSSR count). The number of hydrogen-bond acceptors (Lipinski definition) is 1. The van der Waals surface area contributed by atoms with Gasteiger partial charge < -0.3 is 10.2 Å². The fraction of sp³-hybridized carbons (Fsp3) is 0.909. The number of alkyl halides is 3. The predicted octanol–water partition coefficient (Wildman–Crippen LogP) is 2.77. The third-order valence-corrected chi connectivity index (χ3v) is 3.24. The standard InChI is InChI=1S/C11H19F3N2O/c1-7(2)15-9(17)16-6-5-8(10(16,3)4)11(12,13)14/h7-8H,5-6H2,1-4H3,(H,15,17). The van der Waals surface area contributed by atoms with Gasteiger partial charge in [-0.15, -0.1) is 0 Å². The molecule has 0 aliphatic carbocycles. The lowest BCUT2D eigenvalue weighted by molar-refractivity contribution is -0.189. The van der Waals surface area contributed by atoms with Gasteiger partial charge in [-0.05, 0) is 34.1 Å². The monoisotopic (exact) mass is 252 g/mol. The van der Waals surface area contributed by atoms with Crippen molar-refractivity contribution < 1.29 is 18.0 Å². The van der Waals surface area contributed by atoms with Crippen molar-refractivity contribution in [3.63, 3.8) is 0 Å². The van der Waals surface area contributed by atoms with Crippen LogP contribution in [0.2, 0.25) is 0 Å². The maximum atomic E-state index is 12.8. The molecule has 3 nitrogen and oxygen atoms in total. The van der Waals surface area contributed by atoms with E-state index in [0.717, 1.165) is 0 Å². The van der Waals surface area contributed by atoms with Crippen molar-refractivity contribution in [2.75, 3.05) is 6.54 Å². The highest BCUT2D eigenvalue weighted by molar-refractivity contribution is 5.75. The Morgan fingerprint density at radius 2 is 1.94 bits per heavy atom. The van der Waals surface area contributed by atoms with Crippen LogP contribution >= 0.6 is 0 Å². The third kappa shape index (κ3) is 2.84. The smallest absolute Gasteiger partial charge is 0.336 e. The maximum absolute atomic E-state index is 12.8. The van der Waals surface area contributed by atoms with E-state index >= 15 is 0 Å². The molecule has 17 heavy (non-hydrogen) atoms. The third-order valence-electron chi connectivity index (χ3n) is 3.24. The van der Waals surface area contributed by atoms with Gasteiger partial charge in [0.15, 0.2) is 0 Å². The van der Waals surface area contributed by atoms with E-state index in [1.165, 1.54) is 18.7 Å². The van der Waals surface area contributed by atoms with Crippen LogP contribution in [0.5, 0.6) is 0 Å². The first-order valence-electron chi connectivity index (χ1n) is 5.71. The number of likely N-dealkylation sites (tertiary alicyclic amines) is 1. The van der Waals surface area contributed by atoms with Crippen LogP contribution in [0.1, 0.15) is 34.1 Å². The average molecular weight is 252 g/mol. The Labute approximate surface area is 99.4 Å². The molecule has 2 amide bonds. The number of nitrogens with one attached hydrogen (secondary N) is 1. The summed E-state index contributed by atoms with van der Waals surface area (Å²) in [6, 6.07) is -0.500. The first-order valence-corrected chi connectivity index (χ1v) is 5.71. The molecule has 6 heteroatoms. The number of amides is 2. The number of halogens is 3. The van der Waals surface area contributed by atoms with Crippen LogP contribution in [0.4, 0.5) is 18.0 Å². The largest absolute Gasteiger partial charge is 0.394 e. The lowest BCUT2D eigenvalue weighted by Crippen LogP contribution is -2.53. The molecule has 0 aromatic carbocycles. The molecule has 0 aromatic rings. The summed E-state index contributed by atoms with van der Waals surface area (Å²) >= 11 is 0. The molecule has 1 N–H and O–H groups in total. The number of rotatable bonds is 1. The van der Waals surface area contributed by atoms with E-state index in [1.54, 1.807) is 13.8 Å². The van der Waals surface area contributed by atoms with Gasteiger partial charge in [0.05, 0.1) is 11.5 Å². The zero-order chi connectivity index (χ0) is 13.4. The highest BCUT2D eigenvalue weighted by Gasteiger charge is 2.56. The molecule has 1 atom stereocenters. The van der Waals surface area contributed by atoms with Crippen molar-refractivity contribution in [1.82, 2.24) is 10.2 Å². The maximum Gasteiger partial charge on any atom is 0.394 e. The van der Waals surface area contributed by atoms with Gasteiger partial charge in [0.1, 0.15) is 0 Å². The van der Waals surface area contributed by atoms with Crippen molar-refractivity contribution in [3.8, 4) is 0 Å². The van der Waals surface area contributed by atoms with Gasteiger partial charge >= 0.3 is 12.2 Å². The van der Waals surface area contributed by atoms with Crippen LogP contribution in [0.3, 0.4) is 0 Å². The zero-order valence-corrected chi connectivity index (χ0v) is 10.6. The normalized spacial score (nSPS) is 24.2. The molecule has 100 valence electrons. The number of nitrogens with zero attached hydrogens (tertiary/aromatic N) is 1. The Morgan fingerprint density at radius 1 is 1.41 bits per heavy atom. The second kappa shape index (κ2) is 4.38. The second-order valence-electron chi connectivity index (χ2n) is 5.29. The lowest BCUT2D eigenvalue weighted by Gasteiger charge is -2.37. The van der Waals surface area contributed by atoms with Crippen molar-refractivity contribution in [3.05, 3.63) is 0 Å². The first-order chi connectivity index (χ1) is 7.56. The molecule has 0 radical (unpaired) electrons. The number of carbonyl (C=O) groups is 1. The molecule has 0 aromatic heterocycles. The van der Waals surface area contributed by atoms with E-state index in [-0.39, 0.29) is 19.0 Å². The van der Waals surface area contributed by atoms with Gasteiger partial charge in [-0.1, -0.05) is 0 Å². The highest BCUT2D eigenvalue weighted by Crippen LogP contribution is 2.44. The molecule has 0 saturated carbocycles. The Hall–Kier alpha value is -0.940. The molecule has 0 bridgehead atoms. The number of urea groups is 1. The highest BCUT2D eigenvalue weighted by atomic mass is 19.4.